The predicted molar refractivity (Wildman–Crippen MR) is 77.6 cm³/mol. The molecule has 0 aliphatic carbocycles. The van der Waals surface area contributed by atoms with Crippen LogP contribution >= 0.6 is 0 Å². The number of nitrogens with two attached hydrogens (primary N) is 1. The normalized spacial score (nSPS) is 10.1. The van der Waals surface area contributed by atoms with E-state index in [4.69, 9.17) is 10.2 Å². The minimum Gasteiger partial charge on any atom is -0.469 e. The van der Waals surface area contributed by atoms with Gasteiger partial charge in [-0.05, 0) is 29.8 Å². The maximum absolute atomic E-state index is 11.9. The van der Waals surface area contributed by atoms with Crippen molar-refractivity contribution >= 4 is 11.9 Å². The van der Waals surface area contributed by atoms with Gasteiger partial charge >= 0.3 is 6.03 Å². The first-order valence-electron chi connectivity index (χ1n) is 6.58. The highest BCUT2D eigenvalue weighted by atomic mass is 16.3. The van der Waals surface area contributed by atoms with E-state index in [-0.39, 0.29) is 5.91 Å². The van der Waals surface area contributed by atoms with E-state index >= 15 is 0 Å². The molecule has 2 rings (SSSR count). The van der Waals surface area contributed by atoms with Crippen molar-refractivity contribution in [3.05, 3.63) is 59.5 Å². The molecule has 1 aromatic carbocycles. The number of benzene rings is 1. The smallest absolute Gasteiger partial charge is 0.312 e. The Morgan fingerprint density at radius 1 is 1.10 bits per heavy atom. The lowest BCUT2D eigenvalue weighted by Gasteiger charge is -2.06. The lowest BCUT2D eigenvalue weighted by atomic mass is 10.1. The van der Waals surface area contributed by atoms with Crippen LogP contribution in [0.2, 0.25) is 0 Å². The third kappa shape index (κ3) is 4.68. The number of urea groups is 1. The Morgan fingerprint density at radius 3 is 2.48 bits per heavy atom. The second-order valence-corrected chi connectivity index (χ2v) is 4.50. The van der Waals surface area contributed by atoms with Crippen LogP contribution < -0.4 is 16.4 Å². The Morgan fingerprint density at radius 2 is 1.86 bits per heavy atom. The van der Waals surface area contributed by atoms with Crippen LogP contribution in [-0.4, -0.2) is 18.5 Å². The van der Waals surface area contributed by atoms with Gasteiger partial charge in [-0.15, -0.1) is 0 Å². The molecule has 0 saturated carbocycles. The lowest BCUT2D eigenvalue weighted by Crippen LogP contribution is -2.28. The van der Waals surface area contributed by atoms with Gasteiger partial charge in [0.2, 0.25) is 0 Å². The van der Waals surface area contributed by atoms with E-state index in [1.165, 1.54) is 0 Å². The first kappa shape index (κ1) is 14.6. The van der Waals surface area contributed by atoms with Crippen LogP contribution in [0.4, 0.5) is 4.79 Å². The summed E-state index contributed by atoms with van der Waals surface area (Å²) in [5.74, 6) is 0.694. The van der Waals surface area contributed by atoms with Gasteiger partial charge in [-0.1, -0.05) is 12.1 Å². The molecule has 0 radical (unpaired) electrons. The van der Waals surface area contributed by atoms with Crippen molar-refractivity contribution < 1.29 is 14.0 Å². The Hall–Kier alpha value is -2.76. The Kier molecular flexibility index (Phi) is 4.98. The average molecular weight is 287 g/mol. The molecule has 1 heterocycles. The molecular formula is C15H17N3O3. The Balaban J connectivity index is 1.80. The summed E-state index contributed by atoms with van der Waals surface area (Å²) in [6, 6.07) is 10.1. The van der Waals surface area contributed by atoms with E-state index in [1.54, 1.807) is 30.5 Å². The van der Waals surface area contributed by atoms with Crippen LogP contribution in [0.5, 0.6) is 0 Å². The molecule has 21 heavy (non-hydrogen) atoms. The summed E-state index contributed by atoms with van der Waals surface area (Å²) >= 11 is 0. The van der Waals surface area contributed by atoms with Gasteiger partial charge in [0, 0.05) is 25.1 Å². The molecule has 3 amide bonds. The first-order chi connectivity index (χ1) is 10.1. The number of primary amides is 1. The zero-order valence-corrected chi connectivity index (χ0v) is 11.5. The number of hydrogen-bond acceptors (Lipinski definition) is 3. The van der Waals surface area contributed by atoms with Gasteiger partial charge in [-0.2, -0.15) is 0 Å². The number of amides is 3. The van der Waals surface area contributed by atoms with Crippen LogP contribution in [0, 0.1) is 0 Å². The van der Waals surface area contributed by atoms with Gasteiger partial charge in [0.15, 0.2) is 0 Å². The van der Waals surface area contributed by atoms with E-state index in [0.29, 0.717) is 25.1 Å². The van der Waals surface area contributed by atoms with Crippen LogP contribution in [0.3, 0.4) is 0 Å². The fraction of sp³-hybridized carbons (Fsp3) is 0.200. The summed E-state index contributed by atoms with van der Waals surface area (Å²) in [6.45, 7) is 0.854. The number of carbonyl (C=O) groups excluding carboxylic acids is 2. The SMILES string of the molecule is NC(=O)NCc1ccc(C(=O)NCCc2ccco2)cc1. The summed E-state index contributed by atoms with van der Waals surface area (Å²) < 4.78 is 5.19. The summed E-state index contributed by atoms with van der Waals surface area (Å²) in [5.41, 5.74) is 6.43. The fourth-order valence-corrected chi connectivity index (χ4v) is 1.82. The largest absolute Gasteiger partial charge is 0.469 e. The van der Waals surface area contributed by atoms with Crippen LogP contribution in [-0.2, 0) is 13.0 Å². The highest BCUT2D eigenvalue weighted by Gasteiger charge is 2.05. The topological polar surface area (TPSA) is 97.4 Å². The minimum atomic E-state index is -0.574. The summed E-state index contributed by atoms with van der Waals surface area (Å²) in [6.07, 6.45) is 2.26. The molecule has 0 aliphatic rings. The third-order valence-electron chi connectivity index (χ3n) is 2.92. The van der Waals surface area contributed by atoms with Gasteiger partial charge in [0.05, 0.1) is 6.26 Å². The molecule has 0 aliphatic heterocycles. The summed E-state index contributed by atoms with van der Waals surface area (Å²) in [7, 11) is 0. The van der Waals surface area contributed by atoms with Crippen LogP contribution in [0.15, 0.2) is 47.1 Å². The van der Waals surface area contributed by atoms with Crippen molar-refractivity contribution in [2.45, 2.75) is 13.0 Å². The van der Waals surface area contributed by atoms with Crippen molar-refractivity contribution in [3.8, 4) is 0 Å². The minimum absolute atomic E-state index is 0.143. The summed E-state index contributed by atoms with van der Waals surface area (Å²) in [4.78, 5) is 22.5. The number of carbonyl (C=O) groups is 2. The van der Waals surface area contributed by atoms with Gasteiger partial charge in [-0.3, -0.25) is 4.79 Å². The molecule has 0 atom stereocenters. The van der Waals surface area contributed by atoms with Crippen LogP contribution in [0.1, 0.15) is 21.7 Å². The highest BCUT2D eigenvalue weighted by Crippen LogP contribution is 2.05. The number of nitrogens with one attached hydrogen (secondary N) is 2. The van der Waals surface area contributed by atoms with Crippen molar-refractivity contribution in [2.24, 2.45) is 5.73 Å². The van der Waals surface area contributed by atoms with Gasteiger partial charge in [0.1, 0.15) is 5.76 Å². The number of hydrogen-bond donors (Lipinski definition) is 3. The van der Waals surface area contributed by atoms with E-state index in [2.05, 4.69) is 10.6 Å². The number of rotatable bonds is 6. The molecule has 0 bridgehead atoms. The molecule has 4 N–H and O–H groups in total. The molecule has 1 aromatic heterocycles. The third-order valence-corrected chi connectivity index (χ3v) is 2.92. The first-order valence-corrected chi connectivity index (χ1v) is 6.58. The average Bonchev–Trinajstić information content (AvgIpc) is 2.99. The molecular weight excluding hydrogens is 270 g/mol. The molecule has 0 spiro atoms. The monoisotopic (exact) mass is 287 g/mol. The molecule has 6 heteroatoms. The van der Waals surface area contributed by atoms with E-state index in [9.17, 15) is 9.59 Å². The predicted octanol–water partition coefficient (Wildman–Crippen LogP) is 1.42. The van der Waals surface area contributed by atoms with E-state index in [0.717, 1.165) is 11.3 Å². The molecule has 110 valence electrons. The molecule has 0 unspecified atom stereocenters. The van der Waals surface area contributed by atoms with Crippen molar-refractivity contribution in [2.75, 3.05) is 6.54 Å². The molecule has 2 aromatic rings. The molecule has 0 saturated heterocycles. The van der Waals surface area contributed by atoms with Gasteiger partial charge < -0.3 is 20.8 Å². The zero-order valence-electron chi connectivity index (χ0n) is 11.5. The fourth-order valence-electron chi connectivity index (χ4n) is 1.82. The van der Waals surface area contributed by atoms with E-state index in [1.807, 2.05) is 12.1 Å². The van der Waals surface area contributed by atoms with Crippen molar-refractivity contribution in [1.82, 2.24) is 10.6 Å². The maximum Gasteiger partial charge on any atom is 0.312 e. The zero-order chi connectivity index (χ0) is 15.1. The van der Waals surface area contributed by atoms with Crippen molar-refractivity contribution in [3.63, 3.8) is 0 Å². The quantitative estimate of drug-likeness (QED) is 0.749. The lowest BCUT2D eigenvalue weighted by molar-refractivity contribution is 0.0953. The van der Waals surface area contributed by atoms with Gasteiger partial charge in [-0.25, -0.2) is 4.79 Å². The summed E-state index contributed by atoms with van der Waals surface area (Å²) in [5, 5.41) is 5.31. The van der Waals surface area contributed by atoms with Gasteiger partial charge in [0.25, 0.3) is 5.91 Å². The van der Waals surface area contributed by atoms with Crippen molar-refractivity contribution in [1.29, 1.82) is 0 Å². The maximum atomic E-state index is 11.9. The Bertz CT molecular complexity index is 591. The number of furan rings is 1. The van der Waals surface area contributed by atoms with E-state index < -0.39 is 6.03 Å². The molecule has 6 nitrogen and oxygen atoms in total. The standard InChI is InChI=1S/C15H17N3O3/c16-15(20)18-10-11-3-5-12(6-4-11)14(19)17-8-7-13-2-1-9-21-13/h1-6,9H,7-8,10H2,(H,17,19)(H3,16,18,20). The highest BCUT2D eigenvalue weighted by molar-refractivity contribution is 5.94. The molecule has 0 fully saturated rings. The second kappa shape index (κ2) is 7.14. The second-order valence-electron chi connectivity index (χ2n) is 4.50. The Labute approximate surface area is 122 Å². The van der Waals surface area contributed by atoms with Crippen LogP contribution in [0.25, 0.3) is 0 Å².